The van der Waals surface area contributed by atoms with E-state index in [4.69, 9.17) is 14.2 Å². The molecule has 0 bridgehead atoms. The van der Waals surface area contributed by atoms with Gasteiger partial charge in [0.2, 0.25) is 0 Å². The third-order valence-electron chi connectivity index (χ3n) is 2.37. The van der Waals surface area contributed by atoms with Gasteiger partial charge in [-0.1, -0.05) is 0 Å². The smallest absolute Gasteiger partial charge is 0.264 e. The van der Waals surface area contributed by atoms with Gasteiger partial charge < -0.3 is 14.2 Å². The zero-order chi connectivity index (χ0) is 13.7. The molecular weight excluding hydrogens is 272 g/mol. The molecule has 7 heteroatoms. The minimum atomic E-state index is -3.37. The highest BCUT2D eigenvalue weighted by Crippen LogP contribution is 2.33. The predicted molar refractivity (Wildman–Crippen MR) is 68.3 cm³/mol. The average molecular weight is 288 g/mol. The molecule has 0 unspecified atom stereocenters. The Morgan fingerprint density at radius 3 is 2.63 bits per heavy atom. The van der Waals surface area contributed by atoms with Gasteiger partial charge in [0.1, 0.15) is 19.0 Å². The quantitative estimate of drug-likeness (QED) is 0.578. The molecule has 0 amide bonds. The molecule has 6 nitrogen and oxygen atoms in total. The van der Waals surface area contributed by atoms with Crippen LogP contribution in [0.4, 0.5) is 0 Å². The van der Waals surface area contributed by atoms with Crippen molar-refractivity contribution in [3.63, 3.8) is 0 Å². The van der Waals surface area contributed by atoms with Crippen LogP contribution in [0.15, 0.2) is 18.2 Å². The fourth-order valence-electron chi connectivity index (χ4n) is 1.57. The van der Waals surface area contributed by atoms with Gasteiger partial charge in [-0.25, -0.2) is 0 Å². The number of hydrogen-bond acceptors (Lipinski definition) is 6. The summed E-state index contributed by atoms with van der Waals surface area (Å²) < 4.78 is 42.4. The minimum Gasteiger partial charge on any atom is -0.493 e. The molecule has 106 valence electrons. The van der Waals surface area contributed by atoms with Crippen molar-refractivity contribution in [2.24, 2.45) is 0 Å². The van der Waals surface area contributed by atoms with E-state index >= 15 is 0 Å². The van der Waals surface area contributed by atoms with E-state index in [0.29, 0.717) is 43.5 Å². The highest BCUT2D eigenvalue weighted by Gasteiger charge is 2.12. The van der Waals surface area contributed by atoms with Crippen molar-refractivity contribution in [1.29, 1.82) is 0 Å². The first-order valence-electron chi connectivity index (χ1n) is 5.91. The SMILES string of the molecule is CS(=O)(=O)OCCCOc1ccc2c(c1)OCCO2. The number of hydrogen-bond donors (Lipinski definition) is 0. The minimum absolute atomic E-state index is 0.114. The van der Waals surface area contributed by atoms with Crippen LogP contribution >= 0.6 is 0 Å². The molecule has 0 fully saturated rings. The average Bonchev–Trinajstić information content (AvgIpc) is 2.37. The van der Waals surface area contributed by atoms with Crippen LogP contribution in [0.5, 0.6) is 17.2 Å². The van der Waals surface area contributed by atoms with Crippen LogP contribution in [0.3, 0.4) is 0 Å². The lowest BCUT2D eigenvalue weighted by Gasteiger charge is -2.18. The van der Waals surface area contributed by atoms with Gasteiger partial charge in [0.25, 0.3) is 10.1 Å². The standard InChI is InChI=1S/C12H16O6S/c1-19(13,14)18-6-2-5-15-10-3-4-11-12(9-10)17-8-7-16-11/h3-4,9H,2,5-8H2,1H3. The third kappa shape index (κ3) is 4.60. The molecule has 1 aliphatic rings. The maximum atomic E-state index is 10.7. The Balaban J connectivity index is 1.77. The van der Waals surface area contributed by atoms with E-state index in [1.165, 1.54) is 0 Å². The predicted octanol–water partition coefficient (Wildman–Crippen LogP) is 1.20. The number of rotatable bonds is 6. The fourth-order valence-corrected chi connectivity index (χ4v) is 1.99. The lowest BCUT2D eigenvalue weighted by atomic mass is 10.3. The van der Waals surface area contributed by atoms with Crippen molar-refractivity contribution in [2.75, 3.05) is 32.7 Å². The number of benzene rings is 1. The van der Waals surface area contributed by atoms with Crippen molar-refractivity contribution in [2.45, 2.75) is 6.42 Å². The summed E-state index contributed by atoms with van der Waals surface area (Å²) in [7, 11) is -3.37. The summed E-state index contributed by atoms with van der Waals surface area (Å²) in [6.07, 6.45) is 1.51. The topological polar surface area (TPSA) is 71.1 Å². The Morgan fingerprint density at radius 2 is 1.89 bits per heavy atom. The second-order valence-corrected chi connectivity index (χ2v) is 5.68. The fraction of sp³-hybridized carbons (Fsp3) is 0.500. The molecule has 0 aromatic heterocycles. The molecule has 2 rings (SSSR count). The molecule has 0 spiro atoms. The van der Waals surface area contributed by atoms with Gasteiger partial charge in [-0.3, -0.25) is 4.18 Å². The molecule has 0 saturated heterocycles. The first-order chi connectivity index (χ1) is 9.04. The monoisotopic (exact) mass is 288 g/mol. The van der Waals surface area contributed by atoms with Crippen LogP contribution in [0.25, 0.3) is 0 Å². The Hall–Kier alpha value is -1.47. The zero-order valence-corrected chi connectivity index (χ0v) is 11.4. The van der Waals surface area contributed by atoms with Crippen LogP contribution in [0.2, 0.25) is 0 Å². The second-order valence-electron chi connectivity index (χ2n) is 4.03. The molecule has 19 heavy (non-hydrogen) atoms. The molecule has 1 aromatic carbocycles. The molecule has 1 aromatic rings. The van der Waals surface area contributed by atoms with Gasteiger partial charge in [0, 0.05) is 12.5 Å². The largest absolute Gasteiger partial charge is 0.493 e. The van der Waals surface area contributed by atoms with Crippen LogP contribution in [-0.2, 0) is 14.3 Å². The summed E-state index contributed by atoms with van der Waals surface area (Å²) in [6.45, 7) is 1.56. The molecule has 0 radical (unpaired) electrons. The van der Waals surface area contributed by atoms with E-state index in [-0.39, 0.29) is 6.61 Å². The van der Waals surface area contributed by atoms with Gasteiger partial charge in [-0.2, -0.15) is 8.42 Å². The van der Waals surface area contributed by atoms with Crippen molar-refractivity contribution < 1.29 is 26.8 Å². The lowest BCUT2D eigenvalue weighted by Crippen LogP contribution is -2.15. The van der Waals surface area contributed by atoms with Crippen LogP contribution < -0.4 is 14.2 Å². The van der Waals surface area contributed by atoms with Crippen molar-refractivity contribution in [3.8, 4) is 17.2 Å². The van der Waals surface area contributed by atoms with Crippen LogP contribution in [0, 0.1) is 0 Å². The van der Waals surface area contributed by atoms with Crippen molar-refractivity contribution >= 4 is 10.1 Å². The van der Waals surface area contributed by atoms with E-state index in [0.717, 1.165) is 6.26 Å². The summed E-state index contributed by atoms with van der Waals surface area (Å²) in [4.78, 5) is 0. The van der Waals surface area contributed by atoms with Gasteiger partial charge in [-0.05, 0) is 12.1 Å². The summed E-state index contributed by atoms with van der Waals surface area (Å²) >= 11 is 0. The molecule has 1 aliphatic heterocycles. The van der Waals surface area contributed by atoms with Gasteiger partial charge in [-0.15, -0.1) is 0 Å². The number of fused-ring (bicyclic) bond motifs is 1. The van der Waals surface area contributed by atoms with Gasteiger partial charge in [0.15, 0.2) is 11.5 Å². The molecular formula is C12H16O6S. The maximum Gasteiger partial charge on any atom is 0.264 e. The van der Waals surface area contributed by atoms with E-state index < -0.39 is 10.1 Å². The molecule has 0 N–H and O–H groups in total. The van der Waals surface area contributed by atoms with E-state index in [9.17, 15) is 8.42 Å². The number of ether oxygens (including phenoxy) is 3. The van der Waals surface area contributed by atoms with Crippen LogP contribution in [0.1, 0.15) is 6.42 Å². The van der Waals surface area contributed by atoms with E-state index in [2.05, 4.69) is 4.18 Å². The summed E-state index contributed by atoms with van der Waals surface area (Å²) in [5.41, 5.74) is 0. The lowest BCUT2D eigenvalue weighted by molar-refractivity contribution is 0.170. The summed E-state index contributed by atoms with van der Waals surface area (Å²) in [5, 5.41) is 0. The second kappa shape index (κ2) is 6.12. The van der Waals surface area contributed by atoms with Gasteiger partial charge >= 0.3 is 0 Å². The normalized spacial score (nSPS) is 14.2. The third-order valence-corrected chi connectivity index (χ3v) is 2.96. The zero-order valence-electron chi connectivity index (χ0n) is 10.6. The maximum absolute atomic E-state index is 10.7. The first-order valence-corrected chi connectivity index (χ1v) is 7.73. The van der Waals surface area contributed by atoms with E-state index in [1.807, 2.05) is 0 Å². The highest BCUT2D eigenvalue weighted by molar-refractivity contribution is 7.85. The van der Waals surface area contributed by atoms with E-state index in [1.54, 1.807) is 18.2 Å². The molecule has 0 saturated carbocycles. The molecule has 1 heterocycles. The Kier molecular flexibility index (Phi) is 4.49. The first kappa shape index (κ1) is 14.0. The highest BCUT2D eigenvalue weighted by atomic mass is 32.2. The molecule has 0 atom stereocenters. The summed E-state index contributed by atoms with van der Waals surface area (Å²) in [6, 6.07) is 5.33. The van der Waals surface area contributed by atoms with Gasteiger partial charge in [0.05, 0.1) is 19.5 Å². The Morgan fingerprint density at radius 1 is 1.16 bits per heavy atom. The molecule has 0 aliphatic carbocycles. The van der Waals surface area contributed by atoms with Crippen molar-refractivity contribution in [3.05, 3.63) is 18.2 Å². The summed E-state index contributed by atoms with van der Waals surface area (Å²) in [5.74, 6) is 2.03. The Bertz CT molecular complexity index is 525. The van der Waals surface area contributed by atoms with Crippen molar-refractivity contribution in [1.82, 2.24) is 0 Å². The Labute approximate surface area is 112 Å². The van der Waals surface area contributed by atoms with Crippen LogP contribution in [-0.4, -0.2) is 41.1 Å².